The van der Waals surface area contributed by atoms with Gasteiger partial charge in [0.25, 0.3) is 0 Å². The summed E-state index contributed by atoms with van der Waals surface area (Å²) < 4.78 is 0. The van der Waals surface area contributed by atoms with Crippen molar-refractivity contribution in [3.05, 3.63) is 31.2 Å². The van der Waals surface area contributed by atoms with Crippen LogP contribution < -0.4 is 0 Å². The second-order valence-electron chi connectivity index (χ2n) is 5.23. The highest BCUT2D eigenvalue weighted by atomic mass is 16.3. The van der Waals surface area contributed by atoms with Crippen LogP contribution in [0.5, 0.6) is 0 Å². The number of aliphatic hydroxyl groups excluding tert-OH is 2. The predicted molar refractivity (Wildman–Crippen MR) is 89.5 cm³/mol. The van der Waals surface area contributed by atoms with Crippen LogP contribution in [0.25, 0.3) is 0 Å². The van der Waals surface area contributed by atoms with E-state index >= 15 is 0 Å². The summed E-state index contributed by atoms with van der Waals surface area (Å²) in [6, 6.07) is 0. The van der Waals surface area contributed by atoms with Gasteiger partial charge in [-0.15, -0.1) is 5.92 Å². The van der Waals surface area contributed by atoms with E-state index in [4.69, 9.17) is 0 Å². The second kappa shape index (κ2) is 12.8. The summed E-state index contributed by atoms with van der Waals surface area (Å²) in [5.74, 6) is 11.5. The Kier molecular flexibility index (Phi) is 11.6. The SMILES string of the molecule is [CH2+]C(=O)CCCC(O)C#C/C=C/C=C/C(O)CC#CC(C)C. The monoisotopic (exact) mass is 301 g/mol. The molecule has 2 unspecified atom stereocenters. The first kappa shape index (κ1) is 20.1. The molecule has 0 spiro atoms. The van der Waals surface area contributed by atoms with Crippen LogP contribution in [0.4, 0.5) is 0 Å². The molecule has 0 aromatic rings. The van der Waals surface area contributed by atoms with Gasteiger partial charge in [0.05, 0.1) is 12.5 Å². The first-order chi connectivity index (χ1) is 10.4. The number of hydrogen-bond acceptors (Lipinski definition) is 3. The predicted octanol–water partition coefficient (Wildman–Crippen LogP) is 2.45. The number of aliphatic hydroxyl groups is 2. The number of carbonyl (C=O) groups excluding carboxylic acids is 1. The van der Waals surface area contributed by atoms with Gasteiger partial charge < -0.3 is 10.2 Å². The van der Waals surface area contributed by atoms with Gasteiger partial charge in [0.2, 0.25) is 0 Å². The molecule has 0 aromatic carbocycles. The third-order valence-corrected chi connectivity index (χ3v) is 2.51. The Morgan fingerprint density at radius 1 is 1.23 bits per heavy atom. The summed E-state index contributed by atoms with van der Waals surface area (Å²) in [6.45, 7) is 7.27. The molecule has 0 aliphatic rings. The average Bonchev–Trinajstić information content (AvgIpc) is 2.41. The summed E-state index contributed by atoms with van der Waals surface area (Å²) in [4.78, 5) is 10.6. The molecule has 0 saturated heterocycles. The van der Waals surface area contributed by atoms with Gasteiger partial charge in [0, 0.05) is 12.3 Å². The van der Waals surface area contributed by atoms with Crippen molar-refractivity contribution in [3.63, 3.8) is 0 Å². The van der Waals surface area contributed by atoms with Crippen molar-refractivity contribution in [3.8, 4) is 23.7 Å². The van der Waals surface area contributed by atoms with E-state index in [1.807, 2.05) is 13.8 Å². The van der Waals surface area contributed by atoms with Crippen molar-refractivity contribution in [1.29, 1.82) is 0 Å². The largest absolute Gasteiger partial charge is 0.388 e. The maximum atomic E-state index is 10.6. The topological polar surface area (TPSA) is 57.5 Å². The Bertz CT molecular complexity index is 492. The standard InChI is InChI=1S/C19H25O3/c1-16(2)10-8-14-18(21)12-6-4-5-7-13-19(22)15-9-11-17(3)20/h4-6,12,16,18-19,21-22H,3,9,11,14-15H2,1-2H3/q+1/b5-4+,12-6+. The maximum absolute atomic E-state index is 10.6. The van der Waals surface area contributed by atoms with Gasteiger partial charge in [-0.05, 0) is 18.9 Å². The maximum Gasteiger partial charge on any atom is 0.303 e. The Balaban J connectivity index is 3.99. The molecular formula is C19H25O3+. The van der Waals surface area contributed by atoms with Crippen LogP contribution in [0.15, 0.2) is 24.3 Å². The van der Waals surface area contributed by atoms with Crippen molar-refractivity contribution in [2.45, 2.75) is 51.7 Å². The van der Waals surface area contributed by atoms with Crippen LogP contribution in [0, 0.1) is 36.5 Å². The molecule has 0 rings (SSSR count). The minimum absolute atomic E-state index is 0.123. The van der Waals surface area contributed by atoms with Crippen molar-refractivity contribution in [2.75, 3.05) is 0 Å². The van der Waals surface area contributed by atoms with Gasteiger partial charge in [-0.3, -0.25) is 0 Å². The normalized spacial score (nSPS) is 13.5. The molecule has 0 fully saturated rings. The quantitative estimate of drug-likeness (QED) is 0.431. The highest BCUT2D eigenvalue weighted by Crippen LogP contribution is 2.00. The molecule has 22 heavy (non-hydrogen) atoms. The fourth-order valence-corrected chi connectivity index (χ4v) is 1.44. The van der Waals surface area contributed by atoms with E-state index in [0.29, 0.717) is 31.6 Å². The van der Waals surface area contributed by atoms with E-state index in [-0.39, 0.29) is 5.78 Å². The van der Waals surface area contributed by atoms with Gasteiger partial charge in [-0.1, -0.05) is 49.8 Å². The molecule has 0 aliphatic heterocycles. The van der Waals surface area contributed by atoms with Crippen molar-refractivity contribution in [2.24, 2.45) is 5.92 Å². The zero-order chi connectivity index (χ0) is 16.8. The highest BCUT2D eigenvalue weighted by molar-refractivity contribution is 5.82. The molecule has 0 radical (unpaired) electrons. The lowest BCUT2D eigenvalue weighted by molar-refractivity contribution is -0.115. The van der Waals surface area contributed by atoms with Crippen molar-refractivity contribution < 1.29 is 15.0 Å². The molecular weight excluding hydrogens is 276 g/mol. The number of ketones is 1. The van der Waals surface area contributed by atoms with E-state index in [1.165, 1.54) is 0 Å². The first-order valence-electron chi connectivity index (χ1n) is 7.45. The van der Waals surface area contributed by atoms with Crippen molar-refractivity contribution in [1.82, 2.24) is 0 Å². The second-order valence-corrected chi connectivity index (χ2v) is 5.23. The van der Waals surface area contributed by atoms with Gasteiger partial charge >= 0.3 is 5.78 Å². The zero-order valence-corrected chi connectivity index (χ0v) is 13.4. The number of allylic oxidation sites excluding steroid dienone is 3. The summed E-state index contributed by atoms with van der Waals surface area (Å²) in [5.41, 5.74) is 0. The van der Waals surface area contributed by atoms with E-state index < -0.39 is 12.2 Å². The van der Waals surface area contributed by atoms with E-state index in [1.54, 1.807) is 24.3 Å². The van der Waals surface area contributed by atoms with E-state index in [0.717, 1.165) is 0 Å². The van der Waals surface area contributed by atoms with Crippen LogP contribution in [-0.2, 0) is 4.79 Å². The Labute approximate surface area is 134 Å². The lowest BCUT2D eigenvalue weighted by Crippen LogP contribution is -2.03. The van der Waals surface area contributed by atoms with Gasteiger partial charge in [0.1, 0.15) is 13.0 Å². The number of hydrogen-bond donors (Lipinski definition) is 2. The van der Waals surface area contributed by atoms with Crippen LogP contribution >= 0.6 is 0 Å². The molecule has 118 valence electrons. The molecule has 0 aliphatic carbocycles. The molecule has 0 saturated carbocycles. The molecule has 0 heterocycles. The number of carbonyl (C=O) groups is 1. The summed E-state index contributed by atoms with van der Waals surface area (Å²) in [6.07, 6.45) is 7.15. The summed E-state index contributed by atoms with van der Waals surface area (Å²) in [7, 11) is 0. The molecule has 2 N–H and O–H groups in total. The molecule has 3 nitrogen and oxygen atoms in total. The fourth-order valence-electron chi connectivity index (χ4n) is 1.44. The third-order valence-electron chi connectivity index (χ3n) is 2.51. The Morgan fingerprint density at radius 2 is 1.95 bits per heavy atom. The molecule has 0 amide bonds. The molecule has 2 atom stereocenters. The summed E-state index contributed by atoms with van der Waals surface area (Å²) in [5, 5.41) is 19.2. The number of Topliss-reactive ketones (excluding diaryl/α,β-unsaturated/α-hetero) is 1. The zero-order valence-electron chi connectivity index (χ0n) is 13.4. The average molecular weight is 301 g/mol. The van der Waals surface area contributed by atoms with E-state index in [2.05, 4.69) is 30.6 Å². The smallest absolute Gasteiger partial charge is 0.303 e. The molecule has 0 aromatic heterocycles. The Hall–Kier alpha value is -1.94. The Morgan fingerprint density at radius 3 is 2.59 bits per heavy atom. The first-order valence-corrected chi connectivity index (χ1v) is 7.45. The van der Waals surface area contributed by atoms with Crippen LogP contribution in [0.1, 0.15) is 39.5 Å². The highest BCUT2D eigenvalue weighted by Gasteiger charge is 2.03. The minimum atomic E-state index is -0.732. The van der Waals surface area contributed by atoms with Crippen LogP contribution in [0.2, 0.25) is 0 Å². The molecule has 0 bridgehead atoms. The number of rotatable bonds is 7. The van der Waals surface area contributed by atoms with Crippen molar-refractivity contribution >= 4 is 5.78 Å². The van der Waals surface area contributed by atoms with Gasteiger partial charge in [0.15, 0.2) is 0 Å². The fraction of sp³-hybridized carbons (Fsp3) is 0.474. The van der Waals surface area contributed by atoms with E-state index in [9.17, 15) is 15.0 Å². The minimum Gasteiger partial charge on any atom is -0.388 e. The van der Waals surface area contributed by atoms with Gasteiger partial charge in [-0.2, -0.15) is 0 Å². The van der Waals surface area contributed by atoms with Crippen LogP contribution in [-0.4, -0.2) is 28.2 Å². The third kappa shape index (κ3) is 14.5. The van der Waals surface area contributed by atoms with Gasteiger partial charge in [-0.25, -0.2) is 4.79 Å². The lowest BCUT2D eigenvalue weighted by atomic mass is 10.1. The lowest BCUT2D eigenvalue weighted by Gasteiger charge is -1.98. The van der Waals surface area contributed by atoms with Crippen LogP contribution in [0.3, 0.4) is 0 Å². The summed E-state index contributed by atoms with van der Waals surface area (Å²) >= 11 is 0. The molecule has 3 heteroatoms.